The molecule has 2 aromatic carbocycles. The van der Waals surface area contributed by atoms with E-state index >= 15 is 0 Å². The zero-order valence-electron chi connectivity index (χ0n) is 20.1. The van der Waals surface area contributed by atoms with Gasteiger partial charge in [-0.25, -0.2) is 9.18 Å². The second-order valence-electron chi connectivity index (χ2n) is 9.10. The predicted molar refractivity (Wildman–Crippen MR) is 129 cm³/mol. The molecule has 0 aliphatic carbocycles. The Labute approximate surface area is 202 Å². The van der Waals surface area contributed by atoms with E-state index in [1.54, 1.807) is 21.8 Å². The van der Waals surface area contributed by atoms with E-state index in [4.69, 9.17) is 9.47 Å². The Kier molecular flexibility index (Phi) is 6.79. The van der Waals surface area contributed by atoms with Crippen molar-refractivity contribution in [1.29, 1.82) is 0 Å². The summed E-state index contributed by atoms with van der Waals surface area (Å²) in [6, 6.07) is 10.4. The van der Waals surface area contributed by atoms with Crippen LogP contribution >= 0.6 is 0 Å². The number of hydrogen-bond acceptors (Lipinski definition) is 7. The molecule has 10 heteroatoms. The van der Waals surface area contributed by atoms with Crippen LogP contribution in [0.15, 0.2) is 54.9 Å². The van der Waals surface area contributed by atoms with Crippen LogP contribution in [-0.4, -0.2) is 58.8 Å². The molecule has 0 radical (unpaired) electrons. The van der Waals surface area contributed by atoms with Crippen molar-refractivity contribution < 1.29 is 28.9 Å². The zero-order chi connectivity index (χ0) is 25.3. The molecule has 1 unspecified atom stereocenters. The Morgan fingerprint density at radius 3 is 2.57 bits per heavy atom. The summed E-state index contributed by atoms with van der Waals surface area (Å²) in [5.41, 5.74) is 2.09. The van der Waals surface area contributed by atoms with Crippen molar-refractivity contribution in [2.24, 2.45) is 0 Å². The number of rotatable bonds is 6. The molecular formula is C25H29FN4O5. The van der Waals surface area contributed by atoms with Crippen LogP contribution in [0.1, 0.15) is 20.8 Å². The lowest BCUT2D eigenvalue weighted by Crippen LogP contribution is -2.54. The first kappa shape index (κ1) is 24.6. The van der Waals surface area contributed by atoms with Gasteiger partial charge in [-0.2, -0.15) is 5.10 Å². The fourth-order valence-electron chi connectivity index (χ4n) is 3.98. The van der Waals surface area contributed by atoms with E-state index in [2.05, 4.69) is 5.10 Å². The number of anilines is 2. The first-order valence-electron chi connectivity index (χ1n) is 11.2. The summed E-state index contributed by atoms with van der Waals surface area (Å²) in [5.74, 6) is -0.214. The van der Waals surface area contributed by atoms with E-state index in [0.29, 0.717) is 11.4 Å². The van der Waals surface area contributed by atoms with Crippen LogP contribution in [0.2, 0.25) is 0 Å². The van der Waals surface area contributed by atoms with Crippen molar-refractivity contribution in [3.05, 3.63) is 60.7 Å². The minimum Gasteiger partial charge on any atom is -0.410 e. The second kappa shape index (κ2) is 9.65. The van der Waals surface area contributed by atoms with Gasteiger partial charge in [-0.1, -0.05) is 6.07 Å². The predicted octanol–water partition coefficient (Wildman–Crippen LogP) is 3.55. The van der Waals surface area contributed by atoms with Crippen LogP contribution in [-0.2, 0) is 10.3 Å². The number of ether oxygens (including phenoxy) is 2. The number of halogens is 1. The number of aliphatic hydroxyl groups is 2. The average Bonchev–Trinajstić information content (AvgIpc) is 3.35. The number of methoxy groups -OCH3 is 1. The van der Waals surface area contributed by atoms with E-state index < -0.39 is 23.9 Å². The standard InChI is InChI=1S/C25H29FN4O5/c1-16-13-28(23(32)35-20-8-6-19(26)7-9-20)22-11-17(5-10-21(22)30(16)24(33)34-4)18-12-27-29(14-18)25(2,3)15-31/h5-12,14,16,24,31,33H,13,15H2,1-4H3/t16-,24?/m0/s1. The molecular weight excluding hydrogens is 455 g/mol. The number of fused-ring (bicyclic) bond motifs is 1. The highest BCUT2D eigenvalue weighted by atomic mass is 19.1. The van der Waals surface area contributed by atoms with Gasteiger partial charge in [0.2, 0.25) is 6.41 Å². The topological polar surface area (TPSA) is 100 Å². The third-order valence-electron chi connectivity index (χ3n) is 6.08. The number of benzene rings is 2. The van der Waals surface area contributed by atoms with Crippen LogP contribution in [0.25, 0.3) is 11.1 Å². The number of carbonyl (C=O) groups is 1. The molecule has 1 amide bonds. The Hall–Kier alpha value is -3.47. The summed E-state index contributed by atoms with van der Waals surface area (Å²) in [7, 11) is 1.40. The lowest BCUT2D eigenvalue weighted by molar-refractivity contribution is -0.0785. The number of aromatic nitrogens is 2. The SMILES string of the molecule is COC(O)N1c2ccc(-c3cnn(C(C)(C)CO)c3)cc2N(C(=O)Oc2ccc(F)cc2)C[C@@H]1C. The lowest BCUT2D eigenvalue weighted by atomic mass is 10.0. The van der Waals surface area contributed by atoms with Gasteiger partial charge >= 0.3 is 6.09 Å². The Bertz CT molecular complexity index is 1200. The van der Waals surface area contributed by atoms with Crippen LogP contribution in [0.5, 0.6) is 5.75 Å². The van der Waals surface area contributed by atoms with Crippen LogP contribution in [0.3, 0.4) is 0 Å². The molecule has 0 saturated heterocycles. The number of nitrogens with zero attached hydrogens (tertiary/aromatic N) is 4. The molecule has 2 heterocycles. The highest BCUT2D eigenvalue weighted by molar-refractivity contribution is 5.96. The molecule has 0 spiro atoms. The van der Waals surface area contributed by atoms with Gasteiger partial charge in [0, 0.05) is 31.5 Å². The molecule has 0 bridgehead atoms. The largest absolute Gasteiger partial charge is 0.419 e. The van der Waals surface area contributed by atoms with Crippen molar-refractivity contribution in [1.82, 2.24) is 9.78 Å². The molecule has 2 N–H and O–H groups in total. The maximum atomic E-state index is 13.3. The highest BCUT2D eigenvalue weighted by Crippen LogP contribution is 2.40. The molecule has 4 rings (SSSR count). The molecule has 0 fully saturated rings. The number of hydrogen-bond donors (Lipinski definition) is 2. The fraction of sp³-hybridized carbons (Fsp3) is 0.360. The van der Waals surface area contributed by atoms with Crippen molar-refractivity contribution in [2.75, 3.05) is 30.1 Å². The first-order chi connectivity index (χ1) is 16.6. The van der Waals surface area contributed by atoms with E-state index in [1.807, 2.05) is 39.1 Å². The van der Waals surface area contributed by atoms with Crippen molar-refractivity contribution in [2.45, 2.75) is 38.8 Å². The maximum Gasteiger partial charge on any atom is 0.419 e. The van der Waals surface area contributed by atoms with Gasteiger partial charge in [-0.05, 0) is 62.7 Å². The van der Waals surface area contributed by atoms with Gasteiger partial charge in [0.05, 0.1) is 29.7 Å². The second-order valence-corrected chi connectivity index (χ2v) is 9.10. The van der Waals surface area contributed by atoms with Gasteiger partial charge in [0.15, 0.2) is 0 Å². The molecule has 0 saturated carbocycles. The normalized spacial score (nSPS) is 16.7. The van der Waals surface area contributed by atoms with E-state index in [9.17, 15) is 19.4 Å². The summed E-state index contributed by atoms with van der Waals surface area (Å²) in [6.45, 7) is 5.74. The molecule has 35 heavy (non-hydrogen) atoms. The van der Waals surface area contributed by atoms with Crippen molar-refractivity contribution in [3.8, 4) is 16.9 Å². The molecule has 186 valence electrons. The Morgan fingerprint density at radius 2 is 1.91 bits per heavy atom. The van der Waals surface area contributed by atoms with Crippen LogP contribution < -0.4 is 14.5 Å². The number of carbonyl (C=O) groups excluding carboxylic acids is 1. The van der Waals surface area contributed by atoms with E-state index in [-0.39, 0.29) is 24.9 Å². The average molecular weight is 485 g/mol. The maximum absolute atomic E-state index is 13.3. The fourth-order valence-corrected chi connectivity index (χ4v) is 3.98. The van der Waals surface area contributed by atoms with Gasteiger partial charge in [0.1, 0.15) is 11.6 Å². The molecule has 2 atom stereocenters. The van der Waals surface area contributed by atoms with Crippen molar-refractivity contribution >= 4 is 17.5 Å². The third kappa shape index (κ3) is 4.86. The smallest absolute Gasteiger partial charge is 0.410 e. The monoisotopic (exact) mass is 484 g/mol. The van der Waals surface area contributed by atoms with Crippen LogP contribution in [0.4, 0.5) is 20.6 Å². The molecule has 9 nitrogen and oxygen atoms in total. The van der Waals surface area contributed by atoms with Crippen LogP contribution in [0, 0.1) is 5.82 Å². The summed E-state index contributed by atoms with van der Waals surface area (Å²) in [5, 5.41) is 24.5. The summed E-state index contributed by atoms with van der Waals surface area (Å²) in [4.78, 5) is 16.3. The number of aliphatic hydroxyl groups excluding tert-OH is 2. The minimum absolute atomic E-state index is 0.0803. The molecule has 1 aliphatic rings. The minimum atomic E-state index is -1.21. The Balaban J connectivity index is 1.74. The van der Waals surface area contributed by atoms with E-state index in [0.717, 1.165) is 11.1 Å². The van der Waals surface area contributed by atoms with Crippen molar-refractivity contribution in [3.63, 3.8) is 0 Å². The molecule has 1 aliphatic heterocycles. The summed E-state index contributed by atoms with van der Waals surface area (Å²) in [6.07, 6.45) is 1.67. The van der Waals surface area contributed by atoms with Gasteiger partial charge < -0.3 is 24.6 Å². The lowest BCUT2D eigenvalue weighted by Gasteiger charge is -2.43. The highest BCUT2D eigenvalue weighted by Gasteiger charge is 2.36. The summed E-state index contributed by atoms with van der Waals surface area (Å²) < 4.78 is 25.6. The van der Waals surface area contributed by atoms with Gasteiger partial charge in [-0.15, -0.1) is 0 Å². The first-order valence-corrected chi connectivity index (χ1v) is 11.2. The van der Waals surface area contributed by atoms with Gasteiger partial charge in [0.25, 0.3) is 0 Å². The quantitative estimate of drug-likeness (QED) is 0.516. The van der Waals surface area contributed by atoms with Gasteiger partial charge in [-0.3, -0.25) is 9.58 Å². The molecule has 3 aromatic rings. The number of amides is 1. The Morgan fingerprint density at radius 1 is 1.20 bits per heavy atom. The molecule has 1 aromatic heterocycles. The third-order valence-corrected chi connectivity index (χ3v) is 6.08. The summed E-state index contributed by atoms with van der Waals surface area (Å²) >= 11 is 0. The van der Waals surface area contributed by atoms with E-state index in [1.165, 1.54) is 36.3 Å². The zero-order valence-corrected chi connectivity index (χ0v) is 20.1.